The van der Waals surface area contributed by atoms with Crippen LogP contribution in [0.4, 0.5) is 5.69 Å². The van der Waals surface area contributed by atoms with Crippen molar-refractivity contribution in [2.75, 3.05) is 0 Å². The van der Waals surface area contributed by atoms with E-state index in [0.29, 0.717) is 11.1 Å². The summed E-state index contributed by atoms with van der Waals surface area (Å²) in [5.41, 5.74) is 0.161. The number of nitro groups is 1. The van der Waals surface area contributed by atoms with Gasteiger partial charge in [0, 0.05) is 17.6 Å². The molecular formula is C19H16N2O5. The Morgan fingerprint density at radius 3 is 2.69 bits per heavy atom. The highest BCUT2D eigenvalue weighted by Gasteiger charge is 2.23. The molecule has 26 heavy (non-hydrogen) atoms. The topological polar surface area (TPSA) is 91.6 Å². The van der Waals surface area contributed by atoms with E-state index in [1.807, 2.05) is 13.8 Å². The van der Waals surface area contributed by atoms with Crippen LogP contribution in [0, 0.1) is 10.1 Å². The fraction of sp³-hybridized carbons (Fsp3) is 0.158. The molecule has 2 aromatic carbocycles. The molecule has 0 aliphatic heterocycles. The Morgan fingerprint density at radius 1 is 1.15 bits per heavy atom. The van der Waals surface area contributed by atoms with E-state index in [4.69, 9.17) is 9.47 Å². The summed E-state index contributed by atoms with van der Waals surface area (Å²) in [6.45, 7) is 3.74. The molecule has 7 heteroatoms. The largest absolute Gasteiger partial charge is 0.491 e. The second kappa shape index (κ2) is 7.18. The van der Waals surface area contributed by atoms with Gasteiger partial charge in [-0.05, 0) is 44.2 Å². The number of rotatable bonds is 5. The van der Waals surface area contributed by atoms with Gasteiger partial charge >= 0.3 is 11.7 Å². The summed E-state index contributed by atoms with van der Waals surface area (Å²) in [7, 11) is 0. The standard InChI is InChI=1S/C19H16N2O5/c1-12(2)25-15-7-3-5-14(11-15)19(22)26-18-16(21(23)24)9-8-13-6-4-10-20-17(13)18/h3-12H,1-2H3. The van der Waals surface area contributed by atoms with Crippen LogP contribution >= 0.6 is 0 Å². The van der Waals surface area contributed by atoms with Gasteiger partial charge in [-0.2, -0.15) is 0 Å². The van der Waals surface area contributed by atoms with E-state index in [2.05, 4.69) is 4.98 Å². The van der Waals surface area contributed by atoms with Crippen molar-refractivity contribution in [3.05, 3.63) is 70.4 Å². The summed E-state index contributed by atoms with van der Waals surface area (Å²) < 4.78 is 10.9. The minimum atomic E-state index is -0.722. The van der Waals surface area contributed by atoms with Crippen LogP contribution in [-0.4, -0.2) is 22.0 Å². The average Bonchev–Trinajstić information content (AvgIpc) is 2.61. The summed E-state index contributed by atoms with van der Waals surface area (Å²) in [5, 5.41) is 12.0. The Labute approximate surface area is 149 Å². The van der Waals surface area contributed by atoms with Crippen molar-refractivity contribution < 1.29 is 19.2 Å². The Kier molecular flexibility index (Phi) is 4.79. The minimum Gasteiger partial charge on any atom is -0.491 e. The summed E-state index contributed by atoms with van der Waals surface area (Å²) in [5.74, 6) is -0.381. The quantitative estimate of drug-likeness (QED) is 0.296. The van der Waals surface area contributed by atoms with Crippen molar-refractivity contribution in [1.29, 1.82) is 0 Å². The highest BCUT2D eigenvalue weighted by atomic mass is 16.6. The van der Waals surface area contributed by atoms with E-state index < -0.39 is 10.9 Å². The molecule has 1 heterocycles. The number of nitrogens with zero attached hydrogens (tertiary/aromatic N) is 2. The second-order valence-corrected chi connectivity index (χ2v) is 5.83. The van der Waals surface area contributed by atoms with Gasteiger partial charge in [0.15, 0.2) is 0 Å². The molecule has 7 nitrogen and oxygen atoms in total. The summed E-state index contributed by atoms with van der Waals surface area (Å²) >= 11 is 0. The first-order chi connectivity index (χ1) is 12.5. The zero-order valence-corrected chi connectivity index (χ0v) is 14.2. The van der Waals surface area contributed by atoms with Gasteiger partial charge in [-0.25, -0.2) is 4.79 Å². The van der Waals surface area contributed by atoms with Gasteiger partial charge in [-0.15, -0.1) is 0 Å². The molecule has 0 unspecified atom stereocenters. The summed E-state index contributed by atoms with van der Waals surface area (Å²) in [4.78, 5) is 27.4. The van der Waals surface area contributed by atoms with E-state index >= 15 is 0 Å². The van der Waals surface area contributed by atoms with Crippen LogP contribution in [0.15, 0.2) is 54.7 Å². The molecule has 0 spiro atoms. The number of nitro benzene ring substituents is 1. The molecule has 0 fully saturated rings. The number of ether oxygens (including phenoxy) is 2. The monoisotopic (exact) mass is 352 g/mol. The Hall–Kier alpha value is -3.48. The maximum Gasteiger partial charge on any atom is 0.343 e. The number of aromatic nitrogens is 1. The van der Waals surface area contributed by atoms with Crippen LogP contribution in [0.1, 0.15) is 24.2 Å². The molecule has 3 rings (SSSR count). The molecule has 0 aliphatic rings. The first kappa shape index (κ1) is 17.3. The predicted molar refractivity (Wildman–Crippen MR) is 95.6 cm³/mol. The van der Waals surface area contributed by atoms with Crippen LogP contribution in [0.25, 0.3) is 10.9 Å². The molecule has 0 saturated carbocycles. The fourth-order valence-corrected chi connectivity index (χ4v) is 2.47. The number of benzene rings is 2. The molecule has 0 radical (unpaired) electrons. The number of esters is 1. The number of pyridine rings is 1. The van der Waals surface area contributed by atoms with E-state index in [0.717, 1.165) is 0 Å². The van der Waals surface area contributed by atoms with E-state index in [1.54, 1.807) is 36.4 Å². The Bertz CT molecular complexity index is 985. The summed E-state index contributed by atoms with van der Waals surface area (Å²) in [6.07, 6.45) is 1.44. The first-order valence-corrected chi connectivity index (χ1v) is 7.96. The molecule has 1 aromatic heterocycles. The van der Waals surface area contributed by atoms with Crippen molar-refractivity contribution in [3.8, 4) is 11.5 Å². The third-order valence-electron chi connectivity index (χ3n) is 3.54. The molecule has 0 bridgehead atoms. The Morgan fingerprint density at radius 2 is 1.96 bits per heavy atom. The molecule has 3 aromatic rings. The van der Waals surface area contributed by atoms with Crippen molar-refractivity contribution in [1.82, 2.24) is 4.98 Å². The maximum atomic E-state index is 12.5. The normalized spacial score (nSPS) is 10.7. The number of carbonyl (C=O) groups excluding carboxylic acids is 1. The number of hydrogen-bond acceptors (Lipinski definition) is 6. The molecule has 0 amide bonds. The highest BCUT2D eigenvalue weighted by molar-refractivity contribution is 5.96. The number of carbonyl (C=O) groups is 1. The third-order valence-corrected chi connectivity index (χ3v) is 3.54. The van der Waals surface area contributed by atoms with Crippen LogP contribution in [0.5, 0.6) is 11.5 Å². The van der Waals surface area contributed by atoms with E-state index in [1.165, 1.54) is 18.3 Å². The van der Waals surface area contributed by atoms with Crippen molar-refractivity contribution >= 4 is 22.6 Å². The smallest absolute Gasteiger partial charge is 0.343 e. The molecular weight excluding hydrogens is 336 g/mol. The van der Waals surface area contributed by atoms with Crippen molar-refractivity contribution in [3.63, 3.8) is 0 Å². The van der Waals surface area contributed by atoms with Gasteiger partial charge in [0.05, 0.1) is 16.6 Å². The lowest BCUT2D eigenvalue weighted by Gasteiger charge is -2.11. The van der Waals surface area contributed by atoms with Crippen LogP contribution in [0.3, 0.4) is 0 Å². The molecule has 0 aliphatic carbocycles. The van der Waals surface area contributed by atoms with E-state index in [-0.39, 0.29) is 28.6 Å². The van der Waals surface area contributed by atoms with Crippen LogP contribution in [0.2, 0.25) is 0 Å². The lowest BCUT2D eigenvalue weighted by atomic mass is 10.1. The van der Waals surface area contributed by atoms with Gasteiger partial charge < -0.3 is 9.47 Å². The molecule has 0 saturated heterocycles. The third kappa shape index (κ3) is 3.61. The lowest BCUT2D eigenvalue weighted by Crippen LogP contribution is -2.11. The van der Waals surface area contributed by atoms with Crippen LogP contribution < -0.4 is 9.47 Å². The molecule has 0 atom stereocenters. The zero-order valence-electron chi connectivity index (χ0n) is 14.2. The fourth-order valence-electron chi connectivity index (χ4n) is 2.47. The Balaban J connectivity index is 1.99. The van der Waals surface area contributed by atoms with Gasteiger partial charge in [0.25, 0.3) is 0 Å². The first-order valence-electron chi connectivity index (χ1n) is 7.96. The SMILES string of the molecule is CC(C)Oc1cccc(C(=O)Oc2c([N+](=O)[O-])ccc3cccnc23)c1. The van der Waals surface area contributed by atoms with Gasteiger partial charge in [0.1, 0.15) is 11.3 Å². The molecule has 132 valence electrons. The summed E-state index contributed by atoms with van der Waals surface area (Å²) in [6, 6.07) is 12.8. The van der Waals surface area contributed by atoms with Crippen molar-refractivity contribution in [2.24, 2.45) is 0 Å². The average molecular weight is 352 g/mol. The lowest BCUT2D eigenvalue weighted by molar-refractivity contribution is -0.385. The number of fused-ring (bicyclic) bond motifs is 1. The predicted octanol–water partition coefficient (Wildman–Crippen LogP) is 4.15. The van der Waals surface area contributed by atoms with Gasteiger partial charge in [-0.1, -0.05) is 12.1 Å². The second-order valence-electron chi connectivity index (χ2n) is 5.83. The van der Waals surface area contributed by atoms with E-state index in [9.17, 15) is 14.9 Å². The number of hydrogen-bond donors (Lipinski definition) is 0. The maximum absolute atomic E-state index is 12.5. The van der Waals surface area contributed by atoms with Crippen LogP contribution in [-0.2, 0) is 0 Å². The van der Waals surface area contributed by atoms with Gasteiger partial charge in [-0.3, -0.25) is 15.1 Å². The van der Waals surface area contributed by atoms with Crippen molar-refractivity contribution in [2.45, 2.75) is 20.0 Å². The zero-order chi connectivity index (χ0) is 18.7. The minimum absolute atomic E-state index is 0.0513. The highest BCUT2D eigenvalue weighted by Crippen LogP contribution is 2.34. The van der Waals surface area contributed by atoms with Gasteiger partial charge in [0.2, 0.25) is 5.75 Å². The molecule has 0 N–H and O–H groups in total.